The van der Waals surface area contributed by atoms with Crippen LogP contribution in [-0.2, 0) is 14.8 Å². The maximum Gasteiger partial charge on any atom is 0.243 e. The molecule has 0 aliphatic carbocycles. The van der Waals surface area contributed by atoms with Gasteiger partial charge in [-0.05, 0) is 50.2 Å². The van der Waals surface area contributed by atoms with E-state index in [0.29, 0.717) is 5.69 Å². The van der Waals surface area contributed by atoms with Gasteiger partial charge in [0.25, 0.3) is 0 Å². The van der Waals surface area contributed by atoms with E-state index < -0.39 is 10.0 Å². The van der Waals surface area contributed by atoms with Gasteiger partial charge in [-0.25, -0.2) is 13.4 Å². The van der Waals surface area contributed by atoms with Crippen molar-refractivity contribution < 1.29 is 13.2 Å². The maximum atomic E-state index is 12.5. The number of fused-ring (bicyclic) bond motifs is 1. The van der Waals surface area contributed by atoms with E-state index in [1.54, 1.807) is 19.2 Å². The number of nitrogens with one attached hydrogen (secondary N) is 1. The van der Waals surface area contributed by atoms with E-state index >= 15 is 0 Å². The Morgan fingerprint density at radius 2 is 1.76 bits per heavy atom. The van der Waals surface area contributed by atoms with Gasteiger partial charge in [0, 0.05) is 24.2 Å². The number of sulfonamides is 1. The number of carbonyl (C=O) groups excluding carboxylic acids is 1. The Labute approximate surface area is 175 Å². The number of hydrogen-bond acceptors (Lipinski definition) is 5. The minimum atomic E-state index is -3.54. The number of hydrogen-bond donors (Lipinski definition) is 1. The van der Waals surface area contributed by atoms with Gasteiger partial charge in [-0.3, -0.25) is 4.79 Å². The number of aromatic nitrogens is 1. The summed E-state index contributed by atoms with van der Waals surface area (Å²) in [4.78, 5) is 17.0. The number of pyridine rings is 1. The summed E-state index contributed by atoms with van der Waals surface area (Å²) in [5.41, 5.74) is 1.44. The van der Waals surface area contributed by atoms with Gasteiger partial charge in [-0.2, -0.15) is 4.31 Å². The fourth-order valence-electron chi connectivity index (χ4n) is 2.62. The number of para-hydroxylation sites is 1. The normalized spacial score (nSPS) is 11.9. The highest BCUT2D eigenvalue weighted by Crippen LogP contribution is 2.21. The van der Waals surface area contributed by atoms with Crippen LogP contribution in [-0.4, -0.2) is 42.5 Å². The third-order valence-corrected chi connectivity index (χ3v) is 7.44. The minimum absolute atomic E-state index is 0.139. The monoisotopic (exact) mass is 429 g/mol. The number of amides is 1. The Morgan fingerprint density at radius 3 is 2.45 bits per heavy atom. The molecule has 0 radical (unpaired) electrons. The first kappa shape index (κ1) is 21.3. The molecule has 0 atom stereocenters. The zero-order valence-electron chi connectivity index (χ0n) is 16.5. The van der Waals surface area contributed by atoms with Crippen LogP contribution < -0.4 is 5.32 Å². The lowest BCUT2D eigenvalue weighted by molar-refractivity contribution is -0.113. The van der Waals surface area contributed by atoms with Gasteiger partial charge in [0.2, 0.25) is 15.9 Å². The highest BCUT2D eigenvalue weighted by atomic mass is 32.2. The predicted molar refractivity (Wildman–Crippen MR) is 118 cm³/mol. The van der Waals surface area contributed by atoms with E-state index in [0.717, 1.165) is 15.9 Å². The van der Waals surface area contributed by atoms with E-state index in [1.165, 1.54) is 28.2 Å². The Kier molecular flexibility index (Phi) is 6.56. The van der Waals surface area contributed by atoms with Crippen molar-refractivity contribution in [3.8, 4) is 0 Å². The number of nitrogens with zero attached hydrogens (tertiary/aromatic N) is 2. The number of anilines is 1. The number of thioether (sulfide) groups is 1. The third kappa shape index (κ3) is 5.14. The first-order valence-electron chi connectivity index (χ1n) is 9.14. The van der Waals surface area contributed by atoms with Crippen molar-refractivity contribution in [2.24, 2.45) is 0 Å². The SMILES string of the molecule is CC(C)N(C)S(=O)(=O)c1ccc(NC(=O)CSc2ccc3ccccc3n2)cc1. The van der Waals surface area contributed by atoms with Crippen LogP contribution in [0.5, 0.6) is 0 Å². The molecule has 3 aromatic rings. The Bertz CT molecular complexity index is 1110. The second kappa shape index (κ2) is 8.94. The molecule has 29 heavy (non-hydrogen) atoms. The minimum Gasteiger partial charge on any atom is -0.325 e. The summed E-state index contributed by atoms with van der Waals surface area (Å²) in [6.07, 6.45) is 0. The fraction of sp³-hybridized carbons (Fsp3) is 0.238. The molecule has 8 heteroatoms. The average molecular weight is 430 g/mol. The summed E-state index contributed by atoms with van der Waals surface area (Å²) in [6, 6.07) is 17.7. The molecule has 0 spiro atoms. The van der Waals surface area contributed by atoms with Crippen LogP contribution in [0.3, 0.4) is 0 Å². The lowest BCUT2D eigenvalue weighted by Gasteiger charge is -2.21. The van der Waals surface area contributed by atoms with Gasteiger partial charge in [0.05, 0.1) is 21.2 Å². The van der Waals surface area contributed by atoms with Crippen LogP contribution in [0.1, 0.15) is 13.8 Å². The van der Waals surface area contributed by atoms with Crippen molar-refractivity contribution in [3.05, 3.63) is 60.7 Å². The first-order chi connectivity index (χ1) is 13.8. The van der Waals surface area contributed by atoms with Crippen molar-refractivity contribution in [3.63, 3.8) is 0 Å². The predicted octanol–water partition coefficient (Wildman–Crippen LogP) is 3.99. The molecule has 0 saturated heterocycles. The van der Waals surface area contributed by atoms with Gasteiger partial charge >= 0.3 is 0 Å². The molecule has 152 valence electrons. The second-order valence-electron chi connectivity index (χ2n) is 6.82. The van der Waals surface area contributed by atoms with E-state index in [9.17, 15) is 13.2 Å². The lowest BCUT2D eigenvalue weighted by atomic mass is 10.2. The lowest BCUT2D eigenvalue weighted by Crippen LogP contribution is -2.33. The smallest absolute Gasteiger partial charge is 0.243 e. The van der Waals surface area contributed by atoms with Gasteiger partial charge in [0.1, 0.15) is 0 Å². The molecular formula is C21H23N3O3S2. The quantitative estimate of drug-likeness (QED) is 0.575. The molecular weight excluding hydrogens is 406 g/mol. The average Bonchev–Trinajstić information content (AvgIpc) is 2.71. The Morgan fingerprint density at radius 1 is 1.07 bits per heavy atom. The summed E-state index contributed by atoms with van der Waals surface area (Å²) in [6.45, 7) is 3.63. The van der Waals surface area contributed by atoms with Crippen LogP contribution in [0, 0.1) is 0 Å². The molecule has 2 aromatic carbocycles. The van der Waals surface area contributed by atoms with E-state index in [2.05, 4.69) is 10.3 Å². The first-order valence-corrected chi connectivity index (χ1v) is 11.6. The topological polar surface area (TPSA) is 79.4 Å². The molecule has 0 aliphatic rings. The number of benzene rings is 2. The molecule has 1 heterocycles. The van der Waals surface area contributed by atoms with Crippen molar-refractivity contribution in [1.29, 1.82) is 0 Å². The van der Waals surface area contributed by atoms with Crippen molar-refractivity contribution in [2.45, 2.75) is 29.8 Å². The van der Waals surface area contributed by atoms with Crippen LogP contribution in [0.25, 0.3) is 10.9 Å². The zero-order valence-corrected chi connectivity index (χ0v) is 18.1. The van der Waals surface area contributed by atoms with Gasteiger partial charge in [-0.1, -0.05) is 36.0 Å². The summed E-state index contributed by atoms with van der Waals surface area (Å²) in [7, 11) is -1.99. The molecule has 0 fully saturated rings. The van der Waals surface area contributed by atoms with Crippen LogP contribution in [0.2, 0.25) is 0 Å². The van der Waals surface area contributed by atoms with E-state index in [4.69, 9.17) is 0 Å². The van der Waals surface area contributed by atoms with Gasteiger partial charge in [0.15, 0.2) is 0 Å². The molecule has 3 rings (SSSR count). The summed E-state index contributed by atoms with van der Waals surface area (Å²) < 4.78 is 26.3. The fourth-order valence-corrected chi connectivity index (χ4v) is 4.66. The summed E-state index contributed by atoms with van der Waals surface area (Å²) in [5.74, 6) is 0.0291. The molecule has 6 nitrogen and oxygen atoms in total. The number of carbonyl (C=O) groups is 1. The maximum absolute atomic E-state index is 12.5. The Balaban J connectivity index is 1.60. The molecule has 0 saturated carbocycles. The van der Waals surface area contributed by atoms with E-state index in [1.807, 2.05) is 50.2 Å². The largest absolute Gasteiger partial charge is 0.325 e. The van der Waals surface area contributed by atoms with Crippen molar-refractivity contribution >= 4 is 44.3 Å². The summed E-state index contributed by atoms with van der Waals surface area (Å²) in [5, 5.41) is 4.61. The zero-order chi connectivity index (χ0) is 21.0. The number of rotatable bonds is 7. The van der Waals surface area contributed by atoms with Crippen molar-refractivity contribution in [1.82, 2.24) is 9.29 Å². The molecule has 1 amide bonds. The molecule has 1 N–H and O–H groups in total. The molecule has 0 unspecified atom stereocenters. The van der Waals surface area contributed by atoms with Crippen LogP contribution in [0.15, 0.2) is 70.6 Å². The highest BCUT2D eigenvalue weighted by Gasteiger charge is 2.22. The highest BCUT2D eigenvalue weighted by molar-refractivity contribution is 7.99. The van der Waals surface area contributed by atoms with Gasteiger partial charge < -0.3 is 5.32 Å². The molecule has 0 aliphatic heterocycles. The molecule has 0 bridgehead atoms. The second-order valence-corrected chi connectivity index (χ2v) is 9.81. The van der Waals surface area contributed by atoms with Gasteiger partial charge in [-0.15, -0.1) is 0 Å². The summed E-state index contributed by atoms with van der Waals surface area (Å²) >= 11 is 1.35. The van der Waals surface area contributed by atoms with E-state index in [-0.39, 0.29) is 22.6 Å². The Hall–Kier alpha value is -2.42. The molecule has 1 aromatic heterocycles. The van der Waals surface area contributed by atoms with Crippen molar-refractivity contribution in [2.75, 3.05) is 18.1 Å². The van der Waals surface area contributed by atoms with Crippen LogP contribution in [0.4, 0.5) is 5.69 Å². The standard InChI is InChI=1S/C21H23N3O3S2/c1-15(2)24(3)29(26,27)18-11-9-17(10-12-18)22-20(25)14-28-21-13-8-16-6-4-5-7-19(16)23-21/h4-13,15H,14H2,1-3H3,(H,22,25). The van der Waals surface area contributed by atoms with Crippen LogP contribution >= 0.6 is 11.8 Å². The third-order valence-electron chi connectivity index (χ3n) is 4.47.